The quantitative estimate of drug-likeness (QED) is 0.591. The third-order valence-electron chi connectivity index (χ3n) is 1.16. The highest BCUT2D eigenvalue weighted by Crippen LogP contribution is 2.02. The molecule has 61 valence electrons. The molecule has 0 saturated carbocycles. The van der Waals surface area contributed by atoms with Gasteiger partial charge in [0.05, 0.1) is 0 Å². The predicted octanol–water partition coefficient (Wildman–Crippen LogP) is 1.09. The van der Waals surface area contributed by atoms with Crippen molar-refractivity contribution >= 4 is 18.1 Å². The first-order valence-corrected chi connectivity index (χ1v) is 8.55. The zero-order chi connectivity index (χ0) is 8.20. The lowest BCUT2D eigenvalue weighted by molar-refractivity contribution is 0.142. The monoisotopic (exact) mass is 177 g/mol. The minimum Gasteiger partial charge on any atom is -0.458 e. The molecule has 2 nitrogen and oxygen atoms in total. The van der Waals surface area contributed by atoms with Crippen molar-refractivity contribution in [3.63, 3.8) is 0 Å². The molecule has 1 radical (unpaired) electrons. The van der Waals surface area contributed by atoms with Gasteiger partial charge in [0.25, 0.3) is 0 Å². The van der Waals surface area contributed by atoms with E-state index in [0.29, 0.717) is 0 Å². The Kier molecular flexibility index (Phi) is 4.43. The Bertz CT molecular complexity index is 90.2. The Morgan fingerprint density at radius 2 is 2.00 bits per heavy atom. The molecule has 0 aromatic carbocycles. The maximum absolute atomic E-state index is 10.9. The summed E-state index contributed by atoms with van der Waals surface area (Å²) in [5.74, 6) is 0. The number of hydrogen-bond donors (Lipinski definition) is 0. The molecule has 0 amide bonds. The fourth-order valence-corrected chi connectivity index (χ4v) is 3.44. The minimum absolute atomic E-state index is 0.383. The zero-order valence-corrected chi connectivity index (χ0v) is 9.72. The molecule has 0 aliphatic heterocycles. The van der Waals surface area contributed by atoms with Crippen LogP contribution >= 0.6 is 0 Å². The van der Waals surface area contributed by atoms with Crippen LogP contribution in [0.15, 0.2) is 0 Å². The van der Waals surface area contributed by atoms with Gasteiger partial charge < -0.3 is 4.12 Å². The van der Waals surface area contributed by atoms with Crippen LogP contribution in [0.5, 0.6) is 0 Å². The molecule has 0 rings (SSSR count). The molecule has 4 heteroatoms. The average molecular weight is 177 g/mol. The third-order valence-corrected chi connectivity index (χ3v) is 6.24. The highest BCUT2D eigenvalue weighted by atomic mass is 28.4. The topological polar surface area (TPSA) is 29.1 Å². The first-order valence-electron chi connectivity index (χ1n) is 3.75. The molecule has 1 atom stereocenters. The minimum atomic E-state index is -1.37. The molecule has 1 unspecified atom stereocenters. The summed E-state index contributed by atoms with van der Waals surface area (Å²) in [6, 6.07) is 0. The number of hydrogen-bond acceptors (Lipinski definition) is 1. The van der Waals surface area contributed by atoms with Crippen molar-refractivity contribution in [2.75, 3.05) is 0 Å². The van der Waals surface area contributed by atoms with Crippen LogP contribution in [-0.4, -0.2) is 23.8 Å². The molecule has 0 aliphatic rings. The van der Waals surface area contributed by atoms with Crippen LogP contribution < -0.4 is 0 Å². The normalized spacial score (nSPS) is 16.5. The van der Waals surface area contributed by atoms with Gasteiger partial charge >= 0.3 is 0 Å². The van der Waals surface area contributed by atoms with Crippen molar-refractivity contribution in [1.29, 1.82) is 0 Å². The highest BCUT2D eigenvalue weighted by molar-refractivity contribution is 6.74. The van der Waals surface area contributed by atoms with Gasteiger partial charge in [-0.2, -0.15) is 0 Å². The van der Waals surface area contributed by atoms with Crippen molar-refractivity contribution in [2.45, 2.75) is 38.7 Å². The van der Waals surface area contributed by atoms with E-state index in [2.05, 4.69) is 19.6 Å². The molecular weight excluding hydrogens is 160 g/mol. The van der Waals surface area contributed by atoms with Crippen LogP contribution in [-0.2, 0) is 9.22 Å². The first-order chi connectivity index (χ1) is 4.45. The van der Waals surface area contributed by atoms with Crippen LogP contribution in [0.25, 0.3) is 0 Å². The van der Waals surface area contributed by atoms with Gasteiger partial charge in [-0.25, -0.2) is 5.11 Å². The molecule has 0 fully saturated rings. The van der Waals surface area contributed by atoms with Crippen LogP contribution in [0.4, 0.5) is 0 Å². The van der Waals surface area contributed by atoms with Crippen molar-refractivity contribution in [2.24, 2.45) is 0 Å². The average Bonchev–Trinajstić information content (AvgIpc) is 1.81. The molecule has 0 aromatic rings. The smallest absolute Gasteiger partial charge is 0.180 e. The van der Waals surface area contributed by atoms with Crippen molar-refractivity contribution in [1.82, 2.24) is 0 Å². The summed E-state index contributed by atoms with van der Waals surface area (Å²) in [4.78, 5) is 0. The van der Waals surface area contributed by atoms with Gasteiger partial charge in [-0.05, 0) is 26.1 Å². The van der Waals surface area contributed by atoms with E-state index >= 15 is 0 Å². The third kappa shape index (κ3) is 6.47. The summed E-state index contributed by atoms with van der Waals surface area (Å²) in [6.45, 7) is 8.31. The lowest BCUT2D eigenvalue weighted by Gasteiger charge is -2.18. The molecule has 0 aromatic heterocycles. The van der Waals surface area contributed by atoms with Gasteiger partial charge in [-0.15, -0.1) is 0 Å². The van der Waals surface area contributed by atoms with E-state index < -0.39 is 18.1 Å². The van der Waals surface area contributed by atoms with E-state index in [1.807, 2.05) is 6.92 Å². The first kappa shape index (κ1) is 10.4. The molecule has 0 spiro atoms. The molecule has 10 heavy (non-hydrogen) atoms. The Morgan fingerprint density at radius 3 is 2.30 bits per heavy atom. The van der Waals surface area contributed by atoms with Gasteiger partial charge in [0.15, 0.2) is 18.1 Å². The van der Waals surface area contributed by atoms with E-state index in [9.17, 15) is 5.11 Å². The molecule has 0 saturated heterocycles. The Labute approximate surface area is 66.7 Å². The Hall–Kier alpha value is 0.354. The number of rotatable bonds is 4. The largest absolute Gasteiger partial charge is 0.458 e. The van der Waals surface area contributed by atoms with Crippen molar-refractivity contribution in [3.8, 4) is 0 Å². The SMILES string of the molecule is CCC([O])[SiH2]O[Si](C)(C)C. The van der Waals surface area contributed by atoms with E-state index in [1.165, 1.54) is 0 Å². The zero-order valence-electron chi connectivity index (χ0n) is 7.31. The van der Waals surface area contributed by atoms with Gasteiger partial charge in [0, 0.05) is 0 Å². The summed E-state index contributed by atoms with van der Waals surface area (Å²) in [5.41, 5.74) is -0.383. The fourth-order valence-electron chi connectivity index (χ4n) is 0.461. The van der Waals surface area contributed by atoms with Crippen molar-refractivity contribution in [3.05, 3.63) is 0 Å². The molecule has 0 N–H and O–H groups in total. The van der Waals surface area contributed by atoms with Gasteiger partial charge in [0.2, 0.25) is 0 Å². The predicted molar refractivity (Wildman–Crippen MR) is 47.7 cm³/mol. The molecule has 0 heterocycles. The summed E-state index contributed by atoms with van der Waals surface area (Å²) >= 11 is 0. The second kappa shape index (κ2) is 4.28. The second-order valence-electron chi connectivity index (χ2n) is 3.45. The second-order valence-corrected chi connectivity index (χ2v) is 10.1. The fraction of sp³-hybridized carbons (Fsp3) is 1.00. The summed E-state index contributed by atoms with van der Waals surface area (Å²) in [6.07, 6.45) is 0.733. The standard InChI is InChI=1S/C6H17O2Si2/c1-5-6(7)9-8-10(2,3)4/h6H,5,9H2,1-4H3. The van der Waals surface area contributed by atoms with Gasteiger partial charge in [-0.1, -0.05) is 6.92 Å². The Morgan fingerprint density at radius 1 is 1.50 bits per heavy atom. The van der Waals surface area contributed by atoms with Crippen LogP contribution in [0.1, 0.15) is 13.3 Å². The maximum Gasteiger partial charge on any atom is 0.180 e. The molecular formula is C6H17O2Si2. The summed E-state index contributed by atoms with van der Waals surface area (Å²) in [5, 5.41) is 10.9. The van der Waals surface area contributed by atoms with E-state index in [0.717, 1.165) is 6.42 Å². The molecule has 0 aliphatic carbocycles. The Balaban J connectivity index is 3.36. The lowest BCUT2D eigenvalue weighted by Crippen LogP contribution is -2.32. The van der Waals surface area contributed by atoms with Gasteiger partial charge in [0.1, 0.15) is 5.73 Å². The van der Waals surface area contributed by atoms with Crippen LogP contribution in [0.3, 0.4) is 0 Å². The van der Waals surface area contributed by atoms with E-state index in [1.54, 1.807) is 0 Å². The van der Waals surface area contributed by atoms with Gasteiger partial charge in [-0.3, -0.25) is 0 Å². The van der Waals surface area contributed by atoms with E-state index in [-0.39, 0.29) is 5.73 Å². The lowest BCUT2D eigenvalue weighted by atomic mass is 10.5. The maximum atomic E-state index is 10.9. The highest BCUT2D eigenvalue weighted by Gasteiger charge is 2.16. The van der Waals surface area contributed by atoms with Crippen LogP contribution in [0.2, 0.25) is 19.6 Å². The van der Waals surface area contributed by atoms with Crippen LogP contribution in [0, 0.1) is 0 Å². The van der Waals surface area contributed by atoms with E-state index in [4.69, 9.17) is 4.12 Å². The van der Waals surface area contributed by atoms with Crippen molar-refractivity contribution < 1.29 is 9.22 Å². The molecule has 0 bridgehead atoms. The summed E-state index contributed by atoms with van der Waals surface area (Å²) < 4.78 is 5.55. The summed E-state index contributed by atoms with van der Waals surface area (Å²) in [7, 11) is -2.14.